The second-order valence-corrected chi connectivity index (χ2v) is 5.40. The van der Waals surface area contributed by atoms with Gasteiger partial charge in [-0.2, -0.15) is 0 Å². The van der Waals surface area contributed by atoms with Crippen LogP contribution >= 0.6 is 0 Å². The number of carbonyl (C=O) groups is 2. The van der Waals surface area contributed by atoms with Gasteiger partial charge >= 0.3 is 18.4 Å². The summed E-state index contributed by atoms with van der Waals surface area (Å²) in [6.07, 6.45) is -4.82. The lowest BCUT2D eigenvalue weighted by Crippen LogP contribution is -2.21. The van der Waals surface area contributed by atoms with Crippen molar-refractivity contribution in [2.75, 3.05) is 32.0 Å². The van der Waals surface area contributed by atoms with Crippen LogP contribution in [0.4, 0.5) is 29.3 Å². The van der Waals surface area contributed by atoms with E-state index in [1.54, 1.807) is 0 Å². The molecule has 0 bridgehead atoms. The highest BCUT2D eigenvalue weighted by molar-refractivity contribution is 6.05. The number of rotatable bonds is 6. The minimum absolute atomic E-state index is 0.00854. The summed E-state index contributed by atoms with van der Waals surface area (Å²) in [7, 11) is 3.93. The molecule has 2 aromatic carbocycles. The minimum Gasteiger partial charge on any atom is -0.493 e. The zero-order valence-corrected chi connectivity index (χ0v) is 15.5. The van der Waals surface area contributed by atoms with Crippen molar-refractivity contribution >= 4 is 23.4 Å². The van der Waals surface area contributed by atoms with Gasteiger partial charge < -0.3 is 29.6 Å². The number of carbonyl (C=O) groups excluding carboxylic acids is 2. The summed E-state index contributed by atoms with van der Waals surface area (Å²) < 4.78 is 55.3. The van der Waals surface area contributed by atoms with Gasteiger partial charge in [0.15, 0.2) is 11.5 Å². The molecule has 0 fully saturated rings. The predicted octanol–water partition coefficient (Wildman–Crippen LogP) is 4.03. The van der Waals surface area contributed by atoms with E-state index in [0.29, 0.717) is 0 Å². The maximum Gasteiger partial charge on any atom is 0.573 e. The Labute approximate surface area is 163 Å². The fourth-order valence-corrected chi connectivity index (χ4v) is 2.29. The van der Waals surface area contributed by atoms with Crippen molar-refractivity contribution < 1.29 is 41.7 Å². The molecule has 2 amide bonds. The van der Waals surface area contributed by atoms with Crippen molar-refractivity contribution in [2.24, 2.45) is 0 Å². The molecule has 0 heterocycles. The molecule has 0 unspecified atom stereocenters. The first-order valence-electron chi connectivity index (χ1n) is 7.95. The van der Waals surface area contributed by atoms with E-state index in [4.69, 9.17) is 9.47 Å². The van der Waals surface area contributed by atoms with Crippen molar-refractivity contribution in [1.29, 1.82) is 0 Å². The molecule has 0 aliphatic heterocycles. The van der Waals surface area contributed by atoms with Crippen molar-refractivity contribution in [3.8, 4) is 17.2 Å². The Balaban J connectivity index is 2.18. The number of benzene rings is 2. The quantitative estimate of drug-likeness (QED) is 0.693. The molecular formula is C18H17F3N2O6. The Kier molecular flexibility index (Phi) is 6.75. The molecule has 0 spiro atoms. The monoisotopic (exact) mass is 414 g/mol. The van der Waals surface area contributed by atoms with E-state index in [9.17, 15) is 22.8 Å². The maximum atomic E-state index is 12.3. The van der Waals surface area contributed by atoms with E-state index in [-0.39, 0.29) is 28.4 Å². The van der Waals surface area contributed by atoms with Crippen LogP contribution < -0.4 is 24.8 Å². The van der Waals surface area contributed by atoms with Gasteiger partial charge in [0, 0.05) is 17.8 Å². The molecule has 2 aromatic rings. The van der Waals surface area contributed by atoms with Gasteiger partial charge in [-0.15, -0.1) is 13.2 Å². The molecule has 0 atom stereocenters. The van der Waals surface area contributed by atoms with Crippen LogP contribution in [0, 0.1) is 0 Å². The summed E-state index contributed by atoms with van der Waals surface area (Å²) >= 11 is 0. The van der Waals surface area contributed by atoms with E-state index >= 15 is 0 Å². The van der Waals surface area contributed by atoms with E-state index in [1.165, 1.54) is 45.6 Å². The van der Waals surface area contributed by atoms with E-state index < -0.39 is 24.1 Å². The number of amides is 2. The SMILES string of the molecule is COC(=O)c1cc(OC)c(OC)cc1NC(=O)Nc1ccc(OC(F)(F)F)cc1. The average Bonchev–Trinajstić information content (AvgIpc) is 2.67. The standard InChI is InChI=1S/C18H17F3N2O6/c1-26-14-8-12(16(24)28-3)13(9-15(14)27-2)23-17(25)22-10-4-6-11(7-5-10)29-18(19,20)21/h4-9H,1-3H3,(H2,22,23,25). The first-order chi connectivity index (χ1) is 13.7. The van der Waals surface area contributed by atoms with Gasteiger partial charge in [-0.05, 0) is 24.3 Å². The molecular weight excluding hydrogens is 397 g/mol. The smallest absolute Gasteiger partial charge is 0.493 e. The summed E-state index contributed by atoms with van der Waals surface area (Å²) in [5, 5.41) is 4.88. The molecule has 0 saturated carbocycles. The average molecular weight is 414 g/mol. The van der Waals surface area contributed by atoms with Gasteiger partial charge in [-0.25, -0.2) is 9.59 Å². The normalized spacial score (nSPS) is 10.7. The zero-order valence-electron chi connectivity index (χ0n) is 15.5. The summed E-state index contributed by atoms with van der Waals surface area (Å²) in [5.74, 6) is -0.658. The van der Waals surface area contributed by atoms with Crippen LogP contribution in [0.25, 0.3) is 0 Å². The molecule has 156 valence electrons. The van der Waals surface area contributed by atoms with Crippen LogP contribution in [0.5, 0.6) is 17.2 Å². The van der Waals surface area contributed by atoms with E-state index in [0.717, 1.165) is 12.1 Å². The van der Waals surface area contributed by atoms with Gasteiger partial charge in [0.05, 0.1) is 32.6 Å². The first kappa shape index (κ1) is 21.7. The summed E-state index contributed by atoms with van der Waals surface area (Å²) in [5.41, 5.74) is 0.273. The molecule has 2 rings (SSSR count). The van der Waals surface area contributed by atoms with E-state index in [2.05, 4.69) is 20.1 Å². The van der Waals surface area contributed by atoms with Crippen LogP contribution in [-0.2, 0) is 4.74 Å². The lowest BCUT2D eigenvalue weighted by molar-refractivity contribution is -0.274. The largest absolute Gasteiger partial charge is 0.573 e. The fraction of sp³-hybridized carbons (Fsp3) is 0.222. The Morgan fingerprint density at radius 1 is 0.897 bits per heavy atom. The third-order valence-electron chi connectivity index (χ3n) is 3.52. The Morgan fingerprint density at radius 2 is 1.48 bits per heavy atom. The number of anilines is 2. The number of ether oxygens (including phenoxy) is 4. The van der Waals surface area contributed by atoms with Crippen LogP contribution in [0.2, 0.25) is 0 Å². The Bertz CT molecular complexity index is 884. The number of methoxy groups -OCH3 is 3. The van der Waals surface area contributed by atoms with Crippen LogP contribution in [-0.4, -0.2) is 39.7 Å². The summed E-state index contributed by atoms with van der Waals surface area (Å²) in [4.78, 5) is 24.3. The fourth-order valence-electron chi connectivity index (χ4n) is 2.29. The molecule has 0 aromatic heterocycles. The predicted molar refractivity (Wildman–Crippen MR) is 96.7 cm³/mol. The van der Waals surface area contributed by atoms with Gasteiger partial charge in [0.25, 0.3) is 0 Å². The van der Waals surface area contributed by atoms with Crippen molar-refractivity contribution in [3.05, 3.63) is 42.0 Å². The number of alkyl halides is 3. The van der Waals surface area contributed by atoms with E-state index in [1.807, 2.05) is 0 Å². The Hall–Kier alpha value is -3.63. The van der Waals surface area contributed by atoms with Crippen molar-refractivity contribution in [1.82, 2.24) is 0 Å². The number of nitrogens with one attached hydrogen (secondary N) is 2. The molecule has 11 heteroatoms. The van der Waals surface area contributed by atoms with Crippen molar-refractivity contribution in [2.45, 2.75) is 6.36 Å². The van der Waals surface area contributed by atoms with Crippen LogP contribution in [0.3, 0.4) is 0 Å². The molecule has 2 N–H and O–H groups in total. The molecule has 0 aliphatic carbocycles. The number of hydrogen-bond acceptors (Lipinski definition) is 6. The zero-order chi connectivity index (χ0) is 21.6. The summed E-state index contributed by atoms with van der Waals surface area (Å²) in [6, 6.07) is 6.46. The highest BCUT2D eigenvalue weighted by atomic mass is 19.4. The highest BCUT2D eigenvalue weighted by Gasteiger charge is 2.31. The molecule has 0 saturated heterocycles. The third kappa shape index (κ3) is 5.92. The van der Waals surface area contributed by atoms with Gasteiger partial charge in [0.1, 0.15) is 5.75 Å². The molecule has 0 radical (unpaired) electrons. The molecule has 29 heavy (non-hydrogen) atoms. The number of urea groups is 1. The number of hydrogen-bond donors (Lipinski definition) is 2. The minimum atomic E-state index is -4.82. The molecule has 0 aliphatic rings. The van der Waals surface area contributed by atoms with Gasteiger partial charge in [0.2, 0.25) is 0 Å². The maximum absolute atomic E-state index is 12.3. The second kappa shape index (κ2) is 9.04. The van der Waals surface area contributed by atoms with Crippen molar-refractivity contribution in [3.63, 3.8) is 0 Å². The lowest BCUT2D eigenvalue weighted by atomic mass is 10.1. The lowest BCUT2D eigenvalue weighted by Gasteiger charge is -2.15. The Morgan fingerprint density at radius 3 is 2.00 bits per heavy atom. The number of esters is 1. The molecule has 8 nitrogen and oxygen atoms in total. The van der Waals surface area contributed by atoms with Crippen LogP contribution in [0.1, 0.15) is 10.4 Å². The topological polar surface area (TPSA) is 95.1 Å². The van der Waals surface area contributed by atoms with Crippen LogP contribution in [0.15, 0.2) is 36.4 Å². The third-order valence-corrected chi connectivity index (χ3v) is 3.52. The second-order valence-electron chi connectivity index (χ2n) is 5.40. The number of halogens is 3. The summed E-state index contributed by atoms with van der Waals surface area (Å²) in [6.45, 7) is 0. The first-order valence-corrected chi connectivity index (χ1v) is 7.95. The highest BCUT2D eigenvalue weighted by Crippen LogP contribution is 2.34. The van der Waals surface area contributed by atoms with Gasteiger partial charge in [-0.1, -0.05) is 0 Å². The van der Waals surface area contributed by atoms with Gasteiger partial charge in [-0.3, -0.25) is 0 Å².